The van der Waals surface area contributed by atoms with Crippen LogP contribution in [-0.4, -0.2) is 39.6 Å². The summed E-state index contributed by atoms with van der Waals surface area (Å²) < 4.78 is 41.3. The molecule has 0 saturated heterocycles. The van der Waals surface area contributed by atoms with Crippen molar-refractivity contribution in [2.45, 2.75) is 90.4 Å². The van der Waals surface area contributed by atoms with Crippen LogP contribution in [0, 0.1) is 5.92 Å². The minimum Gasteiger partial charge on any atom is -0.337 e. The predicted molar refractivity (Wildman–Crippen MR) is 136 cm³/mol. The Balaban J connectivity index is 1.60. The first-order valence-corrected chi connectivity index (χ1v) is 13.4. The Morgan fingerprint density at radius 1 is 1.00 bits per heavy atom. The van der Waals surface area contributed by atoms with Crippen LogP contribution in [0.15, 0.2) is 30.3 Å². The van der Waals surface area contributed by atoms with Gasteiger partial charge in [-0.25, -0.2) is 0 Å². The number of carbonyl (C=O) groups excluding carboxylic acids is 2. The molecule has 1 aromatic heterocycles. The zero-order valence-corrected chi connectivity index (χ0v) is 21.8. The maximum atomic E-state index is 13.5. The molecular weight excluding hydrogens is 481 g/mol. The van der Waals surface area contributed by atoms with Gasteiger partial charge in [-0.15, -0.1) is 0 Å². The SMILES string of the molecule is CC(C)CC(=O)N1CCCCCCCN(C(=O)Cn2nc(C(F)(F)F)cc2C2CC2)Cc2ccccc21. The molecule has 1 saturated carbocycles. The number of hydrogen-bond acceptors (Lipinski definition) is 3. The topological polar surface area (TPSA) is 58.4 Å². The average molecular weight is 519 g/mol. The van der Waals surface area contributed by atoms with Gasteiger partial charge in [0, 0.05) is 43.4 Å². The van der Waals surface area contributed by atoms with E-state index in [1.807, 2.05) is 43.0 Å². The van der Waals surface area contributed by atoms with E-state index in [2.05, 4.69) is 5.10 Å². The van der Waals surface area contributed by atoms with E-state index in [4.69, 9.17) is 0 Å². The summed E-state index contributed by atoms with van der Waals surface area (Å²) in [5, 5.41) is 3.78. The average Bonchev–Trinajstić information content (AvgIpc) is 3.57. The first-order valence-electron chi connectivity index (χ1n) is 13.4. The number of anilines is 1. The number of alkyl halides is 3. The van der Waals surface area contributed by atoms with Crippen molar-refractivity contribution in [3.05, 3.63) is 47.3 Å². The highest BCUT2D eigenvalue weighted by Gasteiger charge is 2.38. The smallest absolute Gasteiger partial charge is 0.337 e. The van der Waals surface area contributed by atoms with E-state index in [1.165, 1.54) is 4.68 Å². The number of fused-ring (bicyclic) bond motifs is 1. The number of benzene rings is 1. The van der Waals surface area contributed by atoms with Gasteiger partial charge in [0.25, 0.3) is 0 Å². The Morgan fingerprint density at radius 3 is 2.35 bits per heavy atom. The molecule has 202 valence electrons. The van der Waals surface area contributed by atoms with Gasteiger partial charge in [0.15, 0.2) is 5.69 Å². The van der Waals surface area contributed by atoms with Gasteiger partial charge >= 0.3 is 6.18 Å². The highest BCUT2D eigenvalue weighted by molar-refractivity contribution is 5.94. The number of amides is 2. The predicted octanol–water partition coefficient (Wildman–Crippen LogP) is 6.15. The molecule has 2 heterocycles. The monoisotopic (exact) mass is 518 g/mol. The summed E-state index contributed by atoms with van der Waals surface area (Å²) in [7, 11) is 0. The lowest BCUT2D eigenvalue weighted by Crippen LogP contribution is -2.37. The highest BCUT2D eigenvalue weighted by Crippen LogP contribution is 2.42. The number of halogens is 3. The molecule has 2 amide bonds. The summed E-state index contributed by atoms with van der Waals surface area (Å²) in [4.78, 5) is 30.3. The molecule has 2 aliphatic rings. The fourth-order valence-electron chi connectivity index (χ4n) is 4.98. The molecule has 37 heavy (non-hydrogen) atoms. The van der Waals surface area contributed by atoms with Crippen LogP contribution in [0.2, 0.25) is 0 Å². The second-order valence-electron chi connectivity index (χ2n) is 10.7. The Labute approximate surface area is 216 Å². The lowest BCUT2D eigenvalue weighted by atomic mass is 10.0. The minimum atomic E-state index is -4.55. The molecule has 2 aromatic rings. The van der Waals surface area contributed by atoms with Crippen molar-refractivity contribution in [1.29, 1.82) is 0 Å². The fraction of sp³-hybridized carbons (Fsp3) is 0.607. The maximum absolute atomic E-state index is 13.5. The number of nitrogens with zero attached hydrogens (tertiary/aromatic N) is 4. The first kappa shape index (κ1) is 27.2. The van der Waals surface area contributed by atoms with Crippen LogP contribution in [0.3, 0.4) is 0 Å². The molecule has 6 nitrogen and oxygen atoms in total. The van der Waals surface area contributed by atoms with Crippen LogP contribution >= 0.6 is 0 Å². The third-order valence-corrected chi connectivity index (χ3v) is 7.07. The van der Waals surface area contributed by atoms with Crippen molar-refractivity contribution in [2.75, 3.05) is 18.0 Å². The molecular formula is C28H37F3N4O2. The van der Waals surface area contributed by atoms with Crippen molar-refractivity contribution in [3.8, 4) is 0 Å². The van der Waals surface area contributed by atoms with Crippen molar-refractivity contribution < 1.29 is 22.8 Å². The molecule has 9 heteroatoms. The van der Waals surface area contributed by atoms with Crippen LogP contribution in [0.1, 0.15) is 88.1 Å². The number of carbonyl (C=O) groups is 2. The van der Waals surface area contributed by atoms with E-state index in [0.29, 0.717) is 31.7 Å². The molecule has 0 radical (unpaired) electrons. The van der Waals surface area contributed by atoms with Crippen LogP contribution in [-0.2, 0) is 28.9 Å². The van der Waals surface area contributed by atoms with Crippen LogP contribution in [0.25, 0.3) is 0 Å². The molecule has 0 bridgehead atoms. The Morgan fingerprint density at radius 2 is 1.68 bits per heavy atom. The Hall–Kier alpha value is -2.84. The van der Waals surface area contributed by atoms with Gasteiger partial charge in [0.1, 0.15) is 6.54 Å². The van der Waals surface area contributed by atoms with Gasteiger partial charge in [0.05, 0.1) is 0 Å². The normalized spacial score (nSPS) is 17.8. The highest BCUT2D eigenvalue weighted by atomic mass is 19.4. The Kier molecular flexibility index (Phi) is 8.60. The van der Waals surface area contributed by atoms with Crippen LogP contribution in [0.4, 0.5) is 18.9 Å². The summed E-state index contributed by atoms with van der Waals surface area (Å²) in [6.45, 7) is 5.27. The number of hydrogen-bond donors (Lipinski definition) is 0. The van der Waals surface area contributed by atoms with Gasteiger partial charge in [-0.2, -0.15) is 18.3 Å². The summed E-state index contributed by atoms with van der Waals surface area (Å²) in [6.07, 6.45) is 2.24. The quantitative estimate of drug-likeness (QED) is 0.477. The van der Waals surface area contributed by atoms with Gasteiger partial charge in [-0.1, -0.05) is 51.3 Å². The van der Waals surface area contributed by atoms with Crippen LogP contribution < -0.4 is 4.90 Å². The molecule has 0 atom stereocenters. The van der Waals surface area contributed by atoms with Crippen LogP contribution in [0.5, 0.6) is 0 Å². The minimum absolute atomic E-state index is 0.0314. The molecule has 4 rings (SSSR count). The first-order chi connectivity index (χ1) is 17.6. The van der Waals surface area contributed by atoms with Gasteiger partial charge in [-0.05, 0) is 49.3 Å². The maximum Gasteiger partial charge on any atom is 0.435 e. The second kappa shape index (κ2) is 11.7. The summed E-state index contributed by atoms with van der Waals surface area (Å²) in [6, 6.07) is 8.75. The van der Waals surface area contributed by atoms with Gasteiger partial charge < -0.3 is 9.80 Å². The molecule has 1 aliphatic heterocycles. The van der Waals surface area contributed by atoms with E-state index < -0.39 is 11.9 Å². The third-order valence-electron chi connectivity index (χ3n) is 7.07. The van der Waals surface area contributed by atoms with Crippen molar-refractivity contribution in [1.82, 2.24) is 14.7 Å². The number of rotatable bonds is 5. The zero-order valence-electron chi connectivity index (χ0n) is 21.8. The summed E-state index contributed by atoms with van der Waals surface area (Å²) in [5.41, 5.74) is 1.22. The lowest BCUT2D eigenvalue weighted by Gasteiger charge is -2.30. The van der Waals surface area contributed by atoms with Crippen molar-refractivity contribution in [2.24, 2.45) is 5.92 Å². The van der Waals surface area contributed by atoms with E-state index in [-0.39, 0.29) is 30.2 Å². The Bertz CT molecular complexity index is 1090. The van der Waals surface area contributed by atoms with E-state index >= 15 is 0 Å². The number of aromatic nitrogens is 2. The summed E-state index contributed by atoms with van der Waals surface area (Å²) >= 11 is 0. The van der Waals surface area contributed by atoms with Gasteiger partial charge in [-0.3, -0.25) is 14.3 Å². The van der Waals surface area contributed by atoms with E-state index in [0.717, 1.165) is 62.3 Å². The van der Waals surface area contributed by atoms with Crippen molar-refractivity contribution in [3.63, 3.8) is 0 Å². The number of para-hydroxylation sites is 1. The van der Waals surface area contributed by atoms with Crippen molar-refractivity contribution >= 4 is 17.5 Å². The standard InChI is InChI=1S/C28H37F3N4O2/c1-20(2)16-26(36)34-15-9-5-3-4-8-14-33(18-22-10-6-7-11-23(22)34)27(37)19-35-24(21-12-13-21)17-25(32-35)28(29,30)31/h6-7,10-11,17,20-21H,3-5,8-9,12-16,18-19H2,1-2H3. The molecule has 1 fully saturated rings. The van der Waals surface area contributed by atoms with Gasteiger partial charge in [0.2, 0.25) is 11.8 Å². The fourth-order valence-corrected chi connectivity index (χ4v) is 4.98. The molecule has 1 aliphatic carbocycles. The third kappa shape index (κ3) is 7.14. The van der Waals surface area contributed by atoms with E-state index in [9.17, 15) is 22.8 Å². The summed E-state index contributed by atoms with van der Waals surface area (Å²) in [5.74, 6) is 0.0766. The lowest BCUT2D eigenvalue weighted by molar-refractivity contribution is -0.142. The largest absolute Gasteiger partial charge is 0.435 e. The molecule has 1 aromatic carbocycles. The molecule has 0 unspecified atom stereocenters. The molecule has 0 spiro atoms. The second-order valence-corrected chi connectivity index (χ2v) is 10.7. The molecule has 0 N–H and O–H groups in total. The van der Waals surface area contributed by atoms with E-state index in [1.54, 1.807) is 4.90 Å². The zero-order chi connectivity index (χ0) is 26.6.